The van der Waals surface area contributed by atoms with Crippen LogP contribution in [0.1, 0.15) is 36.7 Å². The molecule has 20 heavy (non-hydrogen) atoms. The lowest BCUT2D eigenvalue weighted by Gasteiger charge is -2.27. The third-order valence-electron chi connectivity index (χ3n) is 3.91. The molecule has 4 nitrogen and oxygen atoms in total. The van der Waals surface area contributed by atoms with Gasteiger partial charge in [0.1, 0.15) is 12.1 Å². The predicted octanol–water partition coefficient (Wildman–Crippen LogP) is 2.77. The molecule has 0 radical (unpaired) electrons. The fraction of sp³-hybridized carbons (Fsp3) is 0.375. The molecule has 104 valence electrons. The van der Waals surface area contributed by atoms with Crippen LogP contribution in [0.4, 0.5) is 5.82 Å². The van der Waals surface area contributed by atoms with Crippen LogP contribution >= 0.6 is 0 Å². The van der Waals surface area contributed by atoms with Gasteiger partial charge in [0.15, 0.2) is 0 Å². The SMILES string of the molecule is CC(C)C1c2ncnc(N)c2CN1Cc1ccccc1. The van der Waals surface area contributed by atoms with E-state index in [4.69, 9.17) is 5.73 Å². The first kappa shape index (κ1) is 13.1. The summed E-state index contributed by atoms with van der Waals surface area (Å²) < 4.78 is 0. The summed E-state index contributed by atoms with van der Waals surface area (Å²) in [6.07, 6.45) is 1.58. The van der Waals surface area contributed by atoms with Crippen molar-refractivity contribution in [3.05, 3.63) is 53.5 Å². The fourth-order valence-corrected chi connectivity index (χ4v) is 3.04. The molecule has 0 aliphatic carbocycles. The summed E-state index contributed by atoms with van der Waals surface area (Å²) in [7, 11) is 0. The number of rotatable bonds is 3. The molecule has 1 aliphatic rings. The lowest BCUT2D eigenvalue weighted by Crippen LogP contribution is -2.25. The van der Waals surface area contributed by atoms with Crippen LogP contribution in [0.5, 0.6) is 0 Å². The van der Waals surface area contributed by atoms with Gasteiger partial charge in [-0.15, -0.1) is 0 Å². The molecule has 2 N–H and O–H groups in total. The number of benzene rings is 1. The van der Waals surface area contributed by atoms with Crippen LogP contribution in [-0.4, -0.2) is 14.9 Å². The molecular formula is C16H20N4. The average molecular weight is 268 g/mol. The van der Waals surface area contributed by atoms with E-state index in [-0.39, 0.29) is 0 Å². The molecule has 0 amide bonds. The first-order valence-electron chi connectivity index (χ1n) is 7.04. The van der Waals surface area contributed by atoms with Gasteiger partial charge in [0.2, 0.25) is 0 Å². The molecule has 0 fully saturated rings. The van der Waals surface area contributed by atoms with Crippen molar-refractivity contribution < 1.29 is 0 Å². The van der Waals surface area contributed by atoms with Gasteiger partial charge in [-0.05, 0) is 11.5 Å². The van der Waals surface area contributed by atoms with Crippen LogP contribution in [0, 0.1) is 5.92 Å². The smallest absolute Gasteiger partial charge is 0.131 e. The molecule has 0 bridgehead atoms. The molecule has 4 heteroatoms. The number of nitrogen functional groups attached to an aromatic ring is 1. The highest BCUT2D eigenvalue weighted by atomic mass is 15.2. The third kappa shape index (κ3) is 2.27. The Kier molecular flexibility index (Phi) is 3.40. The summed E-state index contributed by atoms with van der Waals surface area (Å²) >= 11 is 0. The molecule has 0 spiro atoms. The van der Waals surface area contributed by atoms with Crippen LogP contribution in [0.25, 0.3) is 0 Å². The quantitative estimate of drug-likeness (QED) is 0.930. The van der Waals surface area contributed by atoms with Crippen LogP contribution in [0.2, 0.25) is 0 Å². The first-order chi connectivity index (χ1) is 9.66. The Labute approximate surface area is 119 Å². The van der Waals surface area contributed by atoms with Gasteiger partial charge in [-0.3, -0.25) is 4.90 Å². The maximum atomic E-state index is 6.01. The molecule has 2 heterocycles. The van der Waals surface area contributed by atoms with E-state index in [0.29, 0.717) is 17.8 Å². The second-order valence-electron chi connectivity index (χ2n) is 5.70. The van der Waals surface area contributed by atoms with Gasteiger partial charge in [0.25, 0.3) is 0 Å². The van der Waals surface area contributed by atoms with Crippen LogP contribution in [0.3, 0.4) is 0 Å². The van der Waals surface area contributed by atoms with E-state index in [1.54, 1.807) is 6.33 Å². The first-order valence-corrected chi connectivity index (χ1v) is 7.04. The predicted molar refractivity (Wildman–Crippen MR) is 79.7 cm³/mol. The summed E-state index contributed by atoms with van der Waals surface area (Å²) in [6.45, 7) is 6.21. The van der Waals surface area contributed by atoms with Crippen molar-refractivity contribution in [1.29, 1.82) is 0 Å². The van der Waals surface area contributed by atoms with Crippen LogP contribution in [0.15, 0.2) is 36.7 Å². The topological polar surface area (TPSA) is 55.0 Å². The van der Waals surface area contributed by atoms with Gasteiger partial charge in [-0.2, -0.15) is 0 Å². The molecule has 0 saturated carbocycles. The Morgan fingerprint density at radius 3 is 2.70 bits per heavy atom. The van der Waals surface area contributed by atoms with Crippen molar-refractivity contribution in [2.24, 2.45) is 5.92 Å². The maximum Gasteiger partial charge on any atom is 0.131 e. The summed E-state index contributed by atoms with van der Waals surface area (Å²) in [5.74, 6) is 1.12. The Hall–Kier alpha value is -1.94. The van der Waals surface area contributed by atoms with E-state index < -0.39 is 0 Å². The van der Waals surface area contributed by atoms with E-state index >= 15 is 0 Å². The van der Waals surface area contributed by atoms with Gasteiger partial charge in [-0.1, -0.05) is 44.2 Å². The number of nitrogens with two attached hydrogens (primary N) is 1. The Morgan fingerprint density at radius 1 is 1.25 bits per heavy atom. The van der Waals surface area contributed by atoms with E-state index in [0.717, 1.165) is 24.3 Å². The number of aromatic nitrogens is 2. The van der Waals surface area contributed by atoms with Gasteiger partial charge >= 0.3 is 0 Å². The monoisotopic (exact) mass is 268 g/mol. The number of anilines is 1. The van der Waals surface area contributed by atoms with Crippen molar-refractivity contribution in [2.45, 2.75) is 33.0 Å². The minimum atomic E-state index is 0.315. The lowest BCUT2D eigenvalue weighted by atomic mass is 10.00. The van der Waals surface area contributed by atoms with E-state index in [2.05, 4.69) is 53.0 Å². The molecule has 1 aromatic heterocycles. The normalized spacial score (nSPS) is 18.4. The van der Waals surface area contributed by atoms with E-state index in [1.165, 1.54) is 5.56 Å². The fourth-order valence-electron chi connectivity index (χ4n) is 3.04. The second kappa shape index (κ2) is 5.21. The highest BCUT2D eigenvalue weighted by molar-refractivity contribution is 5.45. The zero-order valence-corrected chi connectivity index (χ0v) is 12.0. The second-order valence-corrected chi connectivity index (χ2v) is 5.70. The highest BCUT2D eigenvalue weighted by Gasteiger charge is 2.35. The van der Waals surface area contributed by atoms with Gasteiger partial charge in [0, 0.05) is 18.7 Å². The van der Waals surface area contributed by atoms with E-state index in [1.807, 2.05) is 6.07 Å². The molecule has 0 saturated heterocycles. The minimum absolute atomic E-state index is 0.315. The maximum absolute atomic E-state index is 6.01. The Bertz CT molecular complexity index is 595. The molecule has 1 atom stereocenters. The van der Waals surface area contributed by atoms with Gasteiger partial charge in [0.05, 0.1) is 11.7 Å². The summed E-state index contributed by atoms with van der Waals surface area (Å²) in [4.78, 5) is 11.0. The summed E-state index contributed by atoms with van der Waals surface area (Å²) in [5.41, 5.74) is 9.53. The third-order valence-corrected chi connectivity index (χ3v) is 3.91. The Balaban J connectivity index is 1.92. The zero-order valence-electron chi connectivity index (χ0n) is 12.0. The van der Waals surface area contributed by atoms with Crippen molar-refractivity contribution in [3.8, 4) is 0 Å². The molecule has 3 rings (SSSR count). The van der Waals surface area contributed by atoms with Crippen molar-refractivity contribution in [2.75, 3.05) is 5.73 Å². The zero-order chi connectivity index (χ0) is 14.1. The van der Waals surface area contributed by atoms with Gasteiger partial charge in [-0.25, -0.2) is 9.97 Å². The molecule has 1 aliphatic heterocycles. The summed E-state index contributed by atoms with van der Waals surface area (Å²) in [6, 6.07) is 10.8. The highest BCUT2D eigenvalue weighted by Crippen LogP contribution is 2.39. The largest absolute Gasteiger partial charge is 0.383 e. The average Bonchev–Trinajstić information content (AvgIpc) is 2.79. The van der Waals surface area contributed by atoms with E-state index in [9.17, 15) is 0 Å². The number of fused-ring (bicyclic) bond motifs is 1. The van der Waals surface area contributed by atoms with Crippen molar-refractivity contribution in [1.82, 2.24) is 14.9 Å². The van der Waals surface area contributed by atoms with Gasteiger partial charge < -0.3 is 5.73 Å². The number of hydrogen-bond acceptors (Lipinski definition) is 4. The van der Waals surface area contributed by atoms with Crippen LogP contribution < -0.4 is 5.73 Å². The number of nitrogens with zero attached hydrogens (tertiary/aromatic N) is 3. The molecule has 1 aromatic carbocycles. The lowest BCUT2D eigenvalue weighted by molar-refractivity contribution is 0.161. The van der Waals surface area contributed by atoms with Crippen molar-refractivity contribution in [3.63, 3.8) is 0 Å². The molecule has 2 aromatic rings. The van der Waals surface area contributed by atoms with Crippen LogP contribution in [-0.2, 0) is 13.1 Å². The Morgan fingerprint density at radius 2 is 2.00 bits per heavy atom. The molecular weight excluding hydrogens is 248 g/mol. The molecule has 1 unspecified atom stereocenters. The van der Waals surface area contributed by atoms with Crippen molar-refractivity contribution >= 4 is 5.82 Å². The number of hydrogen-bond donors (Lipinski definition) is 1. The minimum Gasteiger partial charge on any atom is -0.383 e. The standard InChI is InChI=1S/C16H20N4/c1-11(2)15-14-13(16(17)19-10-18-14)9-20(15)8-12-6-4-3-5-7-12/h3-7,10-11,15H,8-9H2,1-2H3,(H2,17,18,19). The summed E-state index contributed by atoms with van der Waals surface area (Å²) in [5, 5.41) is 0.